The summed E-state index contributed by atoms with van der Waals surface area (Å²) in [7, 11) is 1.62. The predicted molar refractivity (Wildman–Crippen MR) is 131 cm³/mol. The molecule has 1 saturated heterocycles. The number of piperidine rings is 1. The molecule has 8 heteroatoms. The van der Waals surface area contributed by atoms with E-state index in [9.17, 15) is 4.79 Å². The van der Waals surface area contributed by atoms with Gasteiger partial charge in [0.1, 0.15) is 22.4 Å². The lowest BCUT2D eigenvalue weighted by atomic mass is 10.1. The van der Waals surface area contributed by atoms with E-state index < -0.39 is 0 Å². The maximum Gasteiger partial charge on any atom is 0.265 e. The van der Waals surface area contributed by atoms with Crippen LogP contribution in [0.4, 0.5) is 10.8 Å². The van der Waals surface area contributed by atoms with Crippen LogP contribution in [0.15, 0.2) is 60.7 Å². The standard InChI is InChI=1S/C24H23N3O3S2/c1-29-17-9-7-16(8-10-17)25-22(28)20-15-21-23(31-20)26-24(32-21)27-13-11-19(12-14-27)30-18-5-3-2-4-6-18/h2-10,15,19H,11-14H2,1H3,(H,25,28). The van der Waals surface area contributed by atoms with Crippen LogP contribution in [-0.2, 0) is 0 Å². The Morgan fingerprint density at radius 3 is 2.47 bits per heavy atom. The number of thiophene rings is 1. The van der Waals surface area contributed by atoms with Gasteiger partial charge in [-0.25, -0.2) is 4.98 Å². The Morgan fingerprint density at radius 2 is 1.78 bits per heavy atom. The third kappa shape index (κ3) is 4.56. The fourth-order valence-corrected chi connectivity index (χ4v) is 5.85. The fourth-order valence-electron chi connectivity index (χ4n) is 3.69. The van der Waals surface area contributed by atoms with E-state index in [1.165, 1.54) is 11.3 Å². The van der Waals surface area contributed by atoms with E-state index in [-0.39, 0.29) is 12.0 Å². The highest BCUT2D eigenvalue weighted by atomic mass is 32.1. The van der Waals surface area contributed by atoms with Crippen molar-refractivity contribution in [2.75, 3.05) is 30.4 Å². The summed E-state index contributed by atoms with van der Waals surface area (Å²) < 4.78 is 12.3. The molecule has 0 radical (unpaired) electrons. The quantitative estimate of drug-likeness (QED) is 0.398. The smallest absolute Gasteiger partial charge is 0.265 e. The molecule has 0 spiro atoms. The lowest BCUT2D eigenvalue weighted by Crippen LogP contribution is -2.38. The number of carbonyl (C=O) groups is 1. The Kier molecular flexibility index (Phi) is 5.96. The summed E-state index contributed by atoms with van der Waals surface area (Å²) in [6, 6.07) is 19.2. The van der Waals surface area contributed by atoms with Gasteiger partial charge in [0.2, 0.25) is 0 Å². The highest BCUT2D eigenvalue weighted by Crippen LogP contribution is 2.36. The van der Waals surface area contributed by atoms with Gasteiger partial charge in [0.25, 0.3) is 5.91 Å². The lowest BCUT2D eigenvalue weighted by Gasteiger charge is -2.31. The SMILES string of the molecule is COc1ccc(NC(=O)c2cc3sc(N4CCC(Oc5ccccc5)CC4)nc3s2)cc1. The largest absolute Gasteiger partial charge is 0.497 e. The number of amides is 1. The Bertz CT molecular complexity index is 1160. The van der Waals surface area contributed by atoms with Crippen molar-refractivity contribution in [1.29, 1.82) is 0 Å². The third-order valence-corrected chi connectivity index (χ3v) is 7.63. The molecule has 4 aromatic rings. The maximum absolute atomic E-state index is 12.6. The summed E-state index contributed by atoms with van der Waals surface area (Å²) in [4.78, 5) is 21.3. The molecular weight excluding hydrogens is 442 g/mol. The van der Waals surface area contributed by atoms with Crippen molar-refractivity contribution in [1.82, 2.24) is 4.98 Å². The zero-order valence-electron chi connectivity index (χ0n) is 17.6. The monoisotopic (exact) mass is 465 g/mol. The molecule has 0 saturated carbocycles. The van der Waals surface area contributed by atoms with Gasteiger partial charge >= 0.3 is 0 Å². The van der Waals surface area contributed by atoms with E-state index in [1.54, 1.807) is 18.4 Å². The molecule has 2 aromatic heterocycles. The number of methoxy groups -OCH3 is 1. The number of nitrogens with zero attached hydrogens (tertiary/aromatic N) is 2. The third-order valence-electron chi connectivity index (χ3n) is 5.41. The Morgan fingerprint density at radius 1 is 1.03 bits per heavy atom. The maximum atomic E-state index is 12.6. The topological polar surface area (TPSA) is 63.7 Å². The Labute approximate surface area is 194 Å². The number of rotatable bonds is 6. The number of nitrogens with one attached hydrogen (secondary N) is 1. The number of ether oxygens (including phenoxy) is 2. The number of para-hydroxylation sites is 1. The lowest BCUT2D eigenvalue weighted by molar-refractivity contribution is 0.103. The van der Waals surface area contributed by atoms with Gasteiger partial charge in [-0.15, -0.1) is 11.3 Å². The minimum atomic E-state index is -0.120. The van der Waals surface area contributed by atoms with Crippen LogP contribution in [0.3, 0.4) is 0 Å². The molecular formula is C24H23N3O3S2. The van der Waals surface area contributed by atoms with Gasteiger partial charge < -0.3 is 19.7 Å². The van der Waals surface area contributed by atoms with E-state index in [0.717, 1.165) is 57.8 Å². The fraction of sp³-hybridized carbons (Fsp3) is 0.250. The Balaban J connectivity index is 1.20. The van der Waals surface area contributed by atoms with Gasteiger partial charge in [-0.3, -0.25) is 4.79 Å². The number of hydrogen-bond donors (Lipinski definition) is 1. The molecule has 1 aliphatic heterocycles. The highest BCUT2D eigenvalue weighted by molar-refractivity contribution is 7.29. The molecule has 1 N–H and O–H groups in total. The normalized spacial score (nSPS) is 14.5. The second kappa shape index (κ2) is 9.18. The molecule has 1 fully saturated rings. The summed E-state index contributed by atoms with van der Waals surface area (Å²) in [5.41, 5.74) is 0.738. The molecule has 0 bridgehead atoms. The zero-order chi connectivity index (χ0) is 21.9. The van der Waals surface area contributed by atoms with E-state index in [2.05, 4.69) is 10.2 Å². The molecule has 32 heavy (non-hydrogen) atoms. The summed E-state index contributed by atoms with van der Waals surface area (Å²) in [5.74, 6) is 1.57. The molecule has 3 heterocycles. The molecule has 0 aliphatic carbocycles. The van der Waals surface area contributed by atoms with Crippen molar-refractivity contribution in [2.24, 2.45) is 0 Å². The number of fused-ring (bicyclic) bond motifs is 1. The van der Waals surface area contributed by atoms with Gasteiger partial charge in [0.15, 0.2) is 5.13 Å². The molecule has 0 unspecified atom stereocenters. The van der Waals surface area contributed by atoms with E-state index >= 15 is 0 Å². The number of benzene rings is 2. The molecule has 1 aliphatic rings. The first-order valence-electron chi connectivity index (χ1n) is 10.5. The first kappa shape index (κ1) is 20.8. The van der Waals surface area contributed by atoms with Crippen molar-refractivity contribution in [3.63, 3.8) is 0 Å². The summed E-state index contributed by atoms with van der Waals surface area (Å²) >= 11 is 3.08. The average molecular weight is 466 g/mol. The van der Waals surface area contributed by atoms with Crippen molar-refractivity contribution in [2.45, 2.75) is 18.9 Å². The highest BCUT2D eigenvalue weighted by Gasteiger charge is 2.24. The number of anilines is 2. The molecule has 0 atom stereocenters. The van der Waals surface area contributed by atoms with Gasteiger partial charge in [0.05, 0.1) is 16.7 Å². The first-order chi connectivity index (χ1) is 15.7. The summed E-state index contributed by atoms with van der Waals surface area (Å²) in [6.07, 6.45) is 2.18. The summed E-state index contributed by atoms with van der Waals surface area (Å²) in [5, 5.41) is 3.95. The van der Waals surface area contributed by atoms with Crippen LogP contribution in [-0.4, -0.2) is 37.2 Å². The van der Waals surface area contributed by atoms with Crippen LogP contribution in [0.1, 0.15) is 22.5 Å². The van der Waals surface area contributed by atoms with Crippen LogP contribution < -0.4 is 19.7 Å². The second-order valence-corrected chi connectivity index (χ2v) is 9.62. The summed E-state index contributed by atoms with van der Waals surface area (Å²) in [6.45, 7) is 1.84. The van der Waals surface area contributed by atoms with Crippen LogP contribution in [0, 0.1) is 0 Å². The van der Waals surface area contributed by atoms with Crippen LogP contribution >= 0.6 is 22.7 Å². The minimum Gasteiger partial charge on any atom is -0.497 e. The van der Waals surface area contributed by atoms with Crippen LogP contribution in [0.25, 0.3) is 9.53 Å². The van der Waals surface area contributed by atoms with Crippen molar-refractivity contribution in [3.8, 4) is 11.5 Å². The van der Waals surface area contributed by atoms with E-state index in [0.29, 0.717) is 4.88 Å². The van der Waals surface area contributed by atoms with Gasteiger partial charge in [-0.1, -0.05) is 29.5 Å². The molecule has 5 rings (SSSR count). The second-order valence-electron chi connectivity index (χ2n) is 7.58. The molecule has 1 amide bonds. The number of hydrogen-bond acceptors (Lipinski definition) is 7. The predicted octanol–water partition coefficient (Wildman–Crippen LogP) is 5.67. The van der Waals surface area contributed by atoms with Gasteiger partial charge in [-0.2, -0.15) is 0 Å². The molecule has 6 nitrogen and oxygen atoms in total. The van der Waals surface area contributed by atoms with Gasteiger partial charge in [-0.05, 0) is 42.5 Å². The number of aromatic nitrogens is 1. The van der Waals surface area contributed by atoms with Crippen molar-refractivity contribution in [3.05, 3.63) is 65.5 Å². The average Bonchev–Trinajstić information content (AvgIpc) is 3.41. The minimum absolute atomic E-state index is 0.120. The number of carbonyl (C=O) groups excluding carboxylic acids is 1. The first-order valence-corrected chi connectivity index (χ1v) is 12.1. The Hall–Kier alpha value is -3.10. The molecule has 164 valence electrons. The van der Waals surface area contributed by atoms with Crippen LogP contribution in [0.2, 0.25) is 0 Å². The zero-order valence-corrected chi connectivity index (χ0v) is 19.2. The molecule has 2 aromatic carbocycles. The number of thiazole rings is 1. The van der Waals surface area contributed by atoms with Gasteiger partial charge in [0, 0.05) is 31.6 Å². The van der Waals surface area contributed by atoms with Crippen molar-refractivity contribution >= 4 is 48.9 Å². The van der Waals surface area contributed by atoms with Crippen LogP contribution in [0.5, 0.6) is 11.5 Å². The van der Waals surface area contributed by atoms with E-state index in [4.69, 9.17) is 14.5 Å². The van der Waals surface area contributed by atoms with E-state index in [1.807, 2.05) is 60.7 Å². The van der Waals surface area contributed by atoms with Crippen molar-refractivity contribution < 1.29 is 14.3 Å².